The summed E-state index contributed by atoms with van der Waals surface area (Å²) in [6.45, 7) is 6.01. The van der Waals surface area contributed by atoms with Gasteiger partial charge in [0.1, 0.15) is 0 Å². The first kappa shape index (κ1) is 6.66. The Balaban J connectivity index is 1.78. The van der Waals surface area contributed by atoms with E-state index in [0.717, 1.165) is 23.8 Å². The molecule has 0 aromatic rings. The van der Waals surface area contributed by atoms with Crippen molar-refractivity contribution in [2.75, 3.05) is 6.54 Å². The van der Waals surface area contributed by atoms with E-state index in [2.05, 4.69) is 19.2 Å². The Morgan fingerprint density at radius 3 is 2.70 bits per heavy atom. The molecule has 4 atom stereocenters. The molecule has 0 amide bonds. The highest BCUT2D eigenvalue weighted by Crippen LogP contribution is 2.50. The second-order valence-electron chi connectivity index (χ2n) is 3.94. The van der Waals surface area contributed by atoms with Crippen LogP contribution in [0.5, 0.6) is 0 Å². The van der Waals surface area contributed by atoms with Crippen LogP contribution in [0.15, 0.2) is 0 Å². The van der Waals surface area contributed by atoms with E-state index in [4.69, 9.17) is 0 Å². The molecule has 1 nitrogen and oxygen atoms in total. The zero-order valence-electron chi connectivity index (χ0n) is 6.93. The van der Waals surface area contributed by atoms with Crippen molar-refractivity contribution in [3.8, 4) is 0 Å². The van der Waals surface area contributed by atoms with Crippen molar-refractivity contribution in [3.05, 3.63) is 0 Å². The first-order chi connectivity index (χ1) is 4.84. The van der Waals surface area contributed by atoms with E-state index < -0.39 is 0 Å². The lowest BCUT2D eigenvalue weighted by molar-refractivity contribution is 0.449. The molecule has 0 bridgehead atoms. The summed E-state index contributed by atoms with van der Waals surface area (Å²) in [5.74, 6) is 3.12. The van der Waals surface area contributed by atoms with Gasteiger partial charge in [-0.1, -0.05) is 26.7 Å². The maximum atomic E-state index is 3.47. The Morgan fingerprint density at radius 2 is 2.30 bits per heavy atom. The minimum Gasteiger partial charge on any atom is -0.313 e. The fraction of sp³-hybridized carbons (Fsp3) is 1.00. The van der Waals surface area contributed by atoms with Crippen LogP contribution in [0.4, 0.5) is 0 Å². The smallest absolute Gasteiger partial charge is 0.0145 e. The monoisotopic (exact) mass is 139 g/mol. The molecule has 1 heteroatoms. The first-order valence-electron chi connectivity index (χ1n) is 4.58. The van der Waals surface area contributed by atoms with Gasteiger partial charge in [-0.15, -0.1) is 0 Å². The molecular weight excluding hydrogens is 122 g/mol. The average molecular weight is 139 g/mol. The third-order valence-corrected chi connectivity index (χ3v) is 3.22. The Hall–Kier alpha value is -0.0400. The topological polar surface area (TPSA) is 12.0 Å². The van der Waals surface area contributed by atoms with Gasteiger partial charge in [0.2, 0.25) is 0 Å². The van der Waals surface area contributed by atoms with Gasteiger partial charge in [0.25, 0.3) is 0 Å². The van der Waals surface area contributed by atoms with Crippen LogP contribution in [0.3, 0.4) is 0 Å². The fourth-order valence-electron chi connectivity index (χ4n) is 2.49. The molecule has 1 aliphatic carbocycles. The maximum absolute atomic E-state index is 3.47. The van der Waals surface area contributed by atoms with Crippen LogP contribution in [0.2, 0.25) is 0 Å². The minimum absolute atomic E-state index is 0.946. The van der Waals surface area contributed by atoms with E-state index in [1.807, 2.05) is 0 Å². The molecule has 2 fully saturated rings. The van der Waals surface area contributed by atoms with Gasteiger partial charge in [0.15, 0.2) is 0 Å². The Kier molecular flexibility index (Phi) is 1.48. The van der Waals surface area contributed by atoms with Crippen LogP contribution < -0.4 is 5.32 Å². The summed E-state index contributed by atoms with van der Waals surface area (Å²) >= 11 is 0. The van der Waals surface area contributed by atoms with Crippen LogP contribution in [0.25, 0.3) is 0 Å². The van der Waals surface area contributed by atoms with E-state index in [1.54, 1.807) is 0 Å². The molecule has 1 saturated heterocycles. The second kappa shape index (κ2) is 2.23. The molecule has 1 aliphatic heterocycles. The molecule has 4 unspecified atom stereocenters. The SMILES string of the molecule is CCCC(C)C1C2CNC21. The molecule has 0 aromatic heterocycles. The summed E-state index contributed by atoms with van der Waals surface area (Å²) in [6, 6.07) is 0.946. The summed E-state index contributed by atoms with van der Waals surface area (Å²) in [5.41, 5.74) is 0. The normalized spacial score (nSPS) is 45.6. The van der Waals surface area contributed by atoms with Crippen molar-refractivity contribution < 1.29 is 0 Å². The van der Waals surface area contributed by atoms with E-state index in [0.29, 0.717) is 0 Å². The molecule has 1 saturated carbocycles. The van der Waals surface area contributed by atoms with Crippen LogP contribution in [-0.4, -0.2) is 12.6 Å². The number of rotatable bonds is 3. The lowest BCUT2D eigenvalue weighted by atomic mass is 10.00. The van der Waals surface area contributed by atoms with Crippen LogP contribution in [0, 0.1) is 17.8 Å². The Morgan fingerprint density at radius 1 is 1.60 bits per heavy atom. The molecule has 10 heavy (non-hydrogen) atoms. The molecule has 1 heterocycles. The van der Waals surface area contributed by atoms with Crippen LogP contribution >= 0.6 is 0 Å². The molecule has 0 radical (unpaired) electrons. The number of nitrogens with one attached hydrogen (secondary N) is 1. The summed E-state index contributed by atoms with van der Waals surface area (Å²) in [5, 5.41) is 3.47. The third kappa shape index (κ3) is 0.800. The van der Waals surface area contributed by atoms with Crippen molar-refractivity contribution in [1.29, 1.82) is 0 Å². The van der Waals surface area contributed by atoms with Crippen molar-refractivity contribution in [1.82, 2.24) is 5.32 Å². The fourth-order valence-corrected chi connectivity index (χ4v) is 2.49. The standard InChI is InChI=1S/C9H17N/c1-3-4-6(2)8-7-5-10-9(7)8/h6-10H,3-5H2,1-2H3. The molecular formula is C9H17N. The van der Waals surface area contributed by atoms with Gasteiger partial charge in [-0.2, -0.15) is 0 Å². The van der Waals surface area contributed by atoms with Crippen molar-refractivity contribution >= 4 is 0 Å². The quantitative estimate of drug-likeness (QED) is 0.626. The van der Waals surface area contributed by atoms with Gasteiger partial charge in [-0.3, -0.25) is 0 Å². The van der Waals surface area contributed by atoms with Gasteiger partial charge >= 0.3 is 0 Å². The number of hydrogen-bond donors (Lipinski definition) is 1. The average Bonchev–Trinajstić information content (AvgIpc) is 2.34. The van der Waals surface area contributed by atoms with Crippen molar-refractivity contribution in [3.63, 3.8) is 0 Å². The summed E-state index contributed by atoms with van der Waals surface area (Å²) in [6.07, 6.45) is 2.79. The first-order valence-corrected chi connectivity index (χ1v) is 4.58. The third-order valence-electron chi connectivity index (χ3n) is 3.22. The predicted octanol–water partition coefficient (Wildman–Crippen LogP) is 1.64. The number of fused-ring (bicyclic) bond motifs is 1. The minimum atomic E-state index is 0.946. The van der Waals surface area contributed by atoms with Crippen molar-refractivity contribution in [2.24, 2.45) is 17.8 Å². The van der Waals surface area contributed by atoms with Crippen LogP contribution in [0.1, 0.15) is 26.7 Å². The molecule has 1 N–H and O–H groups in total. The molecule has 2 rings (SSSR count). The van der Waals surface area contributed by atoms with Crippen molar-refractivity contribution in [2.45, 2.75) is 32.7 Å². The highest BCUT2D eigenvalue weighted by molar-refractivity contribution is 5.13. The molecule has 0 spiro atoms. The van der Waals surface area contributed by atoms with Gasteiger partial charge in [0.05, 0.1) is 0 Å². The molecule has 0 aromatic carbocycles. The van der Waals surface area contributed by atoms with Crippen LogP contribution in [-0.2, 0) is 0 Å². The lowest BCUT2D eigenvalue weighted by Gasteiger charge is -2.09. The lowest BCUT2D eigenvalue weighted by Crippen LogP contribution is -2.32. The summed E-state index contributed by atoms with van der Waals surface area (Å²) in [7, 11) is 0. The largest absolute Gasteiger partial charge is 0.313 e. The van der Waals surface area contributed by atoms with Gasteiger partial charge in [-0.05, 0) is 17.8 Å². The second-order valence-corrected chi connectivity index (χ2v) is 3.94. The molecule has 58 valence electrons. The highest BCUT2D eigenvalue weighted by Gasteiger charge is 2.58. The van der Waals surface area contributed by atoms with E-state index in [9.17, 15) is 0 Å². The zero-order chi connectivity index (χ0) is 7.14. The Bertz CT molecular complexity index is 123. The van der Waals surface area contributed by atoms with E-state index >= 15 is 0 Å². The highest BCUT2D eigenvalue weighted by atomic mass is 15.1. The maximum Gasteiger partial charge on any atom is 0.0145 e. The summed E-state index contributed by atoms with van der Waals surface area (Å²) < 4.78 is 0. The zero-order valence-corrected chi connectivity index (χ0v) is 6.93. The van der Waals surface area contributed by atoms with Gasteiger partial charge in [0, 0.05) is 12.6 Å². The number of hydrogen-bond acceptors (Lipinski definition) is 1. The summed E-state index contributed by atoms with van der Waals surface area (Å²) in [4.78, 5) is 0. The van der Waals surface area contributed by atoms with E-state index in [-0.39, 0.29) is 0 Å². The van der Waals surface area contributed by atoms with E-state index in [1.165, 1.54) is 19.4 Å². The molecule has 2 aliphatic rings. The van der Waals surface area contributed by atoms with Gasteiger partial charge in [-0.25, -0.2) is 0 Å². The van der Waals surface area contributed by atoms with Gasteiger partial charge < -0.3 is 5.32 Å². The predicted molar refractivity (Wildman–Crippen MR) is 42.8 cm³/mol. The Labute approximate surface area is 63.2 Å².